The van der Waals surface area contributed by atoms with Gasteiger partial charge in [-0.1, -0.05) is 0 Å². The predicted octanol–water partition coefficient (Wildman–Crippen LogP) is 5.52. The van der Waals surface area contributed by atoms with E-state index in [0.717, 1.165) is 0 Å². The zero-order valence-electron chi connectivity index (χ0n) is 18.8. The third-order valence-corrected chi connectivity index (χ3v) is 10.2. The number of methoxy groups -OCH3 is 2. The molecule has 0 unspecified atom stereocenters. The molecular formula is C24H23F6O4P. The van der Waals surface area contributed by atoms with Crippen LogP contribution in [0.5, 0.6) is 11.5 Å². The van der Waals surface area contributed by atoms with Crippen LogP contribution in [0.25, 0.3) is 0 Å². The molecule has 0 atom stereocenters. The van der Waals surface area contributed by atoms with Gasteiger partial charge in [0.05, 0.1) is 0 Å². The average Bonchev–Trinajstić information content (AvgIpc) is 2.84. The van der Waals surface area contributed by atoms with Gasteiger partial charge in [-0.15, -0.1) is 0 Å². The SMILES string of the molecule is COc1ccc(P(OCC(F)(F)F)(OCC(F)(F)F)(c2ccccc2)c2ccc(OC)cc2)cc1. The molecule has 3 aromatic carbocycles. The summed E-state index contributed by atoms with van der Waals surface area (Å²) in [6.07, 6.45) is -9.73. The molecule has 0 spiro atoms. The molecular weight excluding hydrogens is 497 g/mol. The second kappa shape index (κ2) is 10.0. The molecule has 0 aliphatic heterocycles. The van der Waals surface area contributed by atoms with E-state index in [1.54, 1.807) is 6.07 Å². The second-order valence-corrected chi connectivity index (χ2v) is 11.4. The van der Waals surface area contributed by atoms with Crippen molar-refractivity contribution < 1.29 is 44.9 Å². The van der Waals surface area contributed by atoms with Gasteiger partial charge in [-0.25, -0.2) is 0 Å². The van der Waals surface area contributed by atoms with Gasteiger partial charge in [0.1, 0.15) is 0 Å². The van der Waals surface area contributed by atoms with Crippen LogP contribution >= 0.6 is 7.06 Å². The zero-order valence-corrected chi connectivity index (χ0v) is 19.7. The Labute approximate surface area is 198 Å². The molecule has 0 amide bonds. The molecule has 0 fully saturated rings. The van der Waals surface area contributed by atoms with E-state index in [1.807, 2.05) is 0 Å². The van der Waals surface area contributed by atoms with Crippen LogP contribution in [-0.2, 0) is 9.05 Å². The van der Waals surface area contributed by atoms with Gasteiger partial charge in [0, 0.05) is 0 Å². The Morgan fingerprint density at radius 1 is 0.543 bits per heavy atom. The Morgan fingerprint density at radius 2 is 0.886 bits per heavy atom. The van der Waals surface area contributed by atoms with Crippen LogP contribution in [0.2, 0.25) is 0 Å². The summed E-state index contributed by atoms with van der Waals surface area (Å²) in [6, 6.07) is 18.5. The minimum absolute atomic E-state index is 0.00154. The summed E-state index contributed by atoms with van der Waals surface area (Å²) >= 11 is 0. The van der Waals surface area contributed by atoms with E-state index in [0.29, 0.717) is 11.5 Å². The van der Waals surface area contributed by atoms with Crippen molar-refractivity contribution in [2.24, 2.45) is 0 Å². The fourth-order valence-corrected chi connectivity index (χ4v) is 8.47. The van der Waals surface area contributed by atoms with E-state index < -0.39 is 32.6 Å². The van der Waals surface area contributed by atoms with Crippen LogP contribution in [-0.4, -0.2) is 39.8 Å². The fraction of sp³-hybridized carbons (Fsp3) is 0.250. The van der Waals surface area contributed by atoms with Gasteiger partial charge in [-0.3, -0.25) is 0 Å². The van der Waals surface area contributed by atoms with Gasteiger partial charge < -0.3 is 0 Å². The molecule has 0 bridgehead atoms. The van der Waals surface area contributed by atoms with Crippen molar-refractivity contribution >= 4 is 23.0 Å². The predicted molar refractivity (Wildman–Crippen MR) is 122 cm³/mol. The van der Waals surface area contributed by atoms with E-state index in [2.05, 4.69) is 0 Å². The summed E-state index contributed by atoms with van der Waals surface area (Å²) in [4.78, 5) is 0. The van der Waals surface area contributed by atoms with E-state index in [9.17, 15) is 26.3 Å². The summed E-state index contributed by atoms with van der Waals surface area (Å²) < 4.78 is 103. The van der Waals surface area contributed by atoms with Crippen LogP contribution in [0.4, 0.5) is 26.3 Å². The first kappa shape index (κ1) is 26.8. The normalized spacial score (nSPS) is 13.7. The molecule has 0 saturated heterocycles. The van der Waals surface area contributed by atoms with Crippen LogP contribution in [0.3, 0.4) is 0 Å². The van der Waals surface area contributed by atoms with Gasteiger partial charge in [0.15, 0.2) is 0 Å². The summed E-state index contributed by atoms with van der Waals surface area (Å²) in [5.74, 6) is 0.694. The van der Waals surface area contributed by atoms with E-state index >= 15 is 0 Å². The van der Waals surface area contributed by atoms with Gasteiger partial charge >= 0.3 is 198 Å². The Hall–Kier alpha value is -2.81. The topological polar surface area (TPSA) is 36.9 Å². The molecule has 0 radical (unpaired) electrons. The van der Waals surface area contributed by atoms with Crippen molar-refractivity contribution in [1.29, 1.82) is 0 Å². The van der Waals surface area contributed by atoms with E-state index in [-0.39, 0.29) is 15.9 Å². The molecule has 11 heteroatoms. The van der Waals surface area contributed by atoms with Crippen molar-refractivity contribution in [3.63, 3.8) is 0 Å². The van der Waals surface area contributed by atoms with Crippen molar-refractivity contribution in [3.05, 3.63) is 78.9 Å². The molecule has 0 aromatic heterocycles. The van der Waals surface area contributed by atoms with Crippen molar-refractivity contribution in [3.8, 4) is 11.5 Å². The first-order valence-corrected chi connectivity index (χ1v) is 12.3. The standard InChI is InChI=1S/C24H23F6O4P/c1-31-18-8-12-21(13-9-18)35(33-16-23(25,26)27,34-17-24(28,29)30,20-6-4-3-5-7-20)22-14-10-19(32-2)11-15-22/h3-15H,16-17H2,1-2H3. The third kappa shape index (κ3) is 5.55. The van der Waals surface area contributed by atoms with Gasteiger partial charge in [0.2, 0.25) is 0 Å². The van der Waals surface area contributed by atoms with Crippen LogP contribution in [0.15, 0.2) is 78.9 Å². The zero-order chi connectivity index (χ0) is 25.8. The molecule has 35 heavy (non-hydrogen) atoms. The van der Waals surface area contributed by atoms with Crippen LogP contribution in [0, 0.1) is 0 Å². The minimum atomic E-state index is -5.34. The molecule has 0 N–H and O–H groups in total. The summed E-state index contributed by atoms with van der Waals surface area (Å²) in [7, 11) is -2.57. The van der Waals surface area contributed by atoms with Crippen molar-refractivity contribution in [1.82, 2.24) is 0 Å². The number of benzene rings is 3. The first-order chi connectivity index (χ1) is 16.4. The fourth-order valence-electron chi connectivity index (χ4n) is 3.73. The molecule has 4 nitrogen and oxygen atoms in total. The number of hydrogen-bond donors (Lipinski definition) is 0. The Kier molecular flexibility index (Phi) is 7.69. The molecule has 3 rings (SSSR count). The number of ether oxygens (including phenoxy) is 2. The molecule has 0 aliphatic carbocycles. The summed E-state index contributed by atoms with van der Waals surface area (Å²) in [5.41, 5.74) is 0. The monoisotopic (exact) mass is 520 g/mol. The number of rotatable bonds is 9. The second-order valence-electron chi connectivity index (χ2n) is 7.47. The number of halogens is 6. The Balaban J connectivity index is 2.47. The van der Waals surface area contributed by atoms with Gasteiger partial charge in [-0.2, -0.15) is 0 Å². The number of alkyl halides is 6. The molecule has 3 aromatic rings. The summed E-state index contributed by atoms with van der Waals surface area (Å²) in [6.45, 7) is -3.70. The molecule has 0 aliphatic rings. The van der Waals surface area contributed by atoms with Gasteiger partial charge in [-0.05, 0) is 0 Å². The average molecular weight is 520 g/mol. The Bertz CT molecular complexity index is 1030. The Morgan fingerprint density at radius 3 is 1.20 bits per heavy atom. The van der Waals surface area contributed by atoms with E-state index in [1.165, 1.54) is 87.0 Å². The molecule has 190 valence electrons. The maximum atomic E-state index is 13.6. The van der Waals surface area contributed by atoms with Crippen LogP contribution < -0.4 is 25.4 Å². The van der Waals surface area contributed by atoms with Gasteiger partial charge in [0.25, 0.3) is 0 Å². The third-order valence-electron chi connectivity index (χ3n) is 5.26. The molecule has 0 saturated carbocycles. The maximum absolute atomic E-state index is 13.6. The van der Waals surface area contributed by atoms with Crippen molar-refractivity contribution in [2.45, 2.75) is 12.4 Å². The first-order valence-electron chi connectivity index (χ1n) is 10.2. The summed E-state index contributed by atoms with van der Waals surface area (Å²) in [5, 5.41) is 0.0330. The quantitative estimate of drug-likeness (QED) is 0.275. The van der Waals surface area contributed by atoms with Crippen molar-refractivity contribution in [2.75, 3.05) is 27.4 Å². The van der Waals surface area contributed by atoms with Crippen LogP contribution in [0.1, 0.15) is 0 Å². The van der Waals surface area contributed by atoms with E-state index in [4.69, 9.17) is 18.5 Å². The number of hydrogen-bond acceptors (Lipinski definition) is 4. The molecule has 0 heterocycles.